The van der Waals surface area contributed by atoms with Gasteiger partial charge in [0, 0.05) is 12.5 Å². The SMILES string of the molecule is CCCCC1C=CCC(=S)N1. The van der Waals surface area contributed by atoms with Gasteiger partial charge in [-0.3, -0.25) is 0 Å². The molecule has 0 radical (unpaired) electrons. The second-order valence-electron chi connectivity index (χ2n) is 2.95. The lowest BCUT2D eigenvalue weighted by molar-refractivity contribution is 0.606. The summed E-state index contributed by atoms with van der Waals surface area (Å²) < 4.78 is 0. The van der Waals surface area contributed by atoms with Crippen molar-refractivity contribution in [2.75, 3.05) is 0 Å². The maximum absolute atomic E-state index is 5.07. The van der Waals surface area contributed by atoms with Crippen molar-refractivity contribution < 1.29 is 0 Å². The Balaban J connectivity index is 2.28. The van der Waals surface area contributed by atoms with Crippen molar-refractivity contribution in [3.63, 3.8) is 0 Å². The fourth-order valence-electron chi connectivity index (χ4n) is 1.25. The van der Waals surface area contributed by atoms with E-state index in [2.05, 4.69) is 24.4 Å². The minimum atomic E-state index is 0.510. The summed E-state index contributed by atoms with van der Waals surface area (Å²) >= 11 is 5.07. The Morgan fingerprint density at radius 1 is 1.73 bits per heavy atom. The second kappa shape index (κ2) is 4.50. The molecule has 1 rings (SSSR count). The van der Waals surface area contributed by atoms with E-state index in [-0.39, 0.29) is 0 Å². The van der Waals surface area contributed by atoms with Crippen molar-refractivity contribution in [1.29, 1.82) is 0 Å². The van der Waals surface area contributed by atoms with Gasteiger partial charge in [-0.2, -0.15) is 0 Å². The van der Waals surface area contributed by atoms with E-state index in [0.29, 0.717) is 6.04 Å². The second-order valence-corrected chi connectivity index (χ2v) is 3.44. The zero-order valence-corrected chi connectivity index (χ0v) is 7.79. The Morgan fingerprint density at radius 3 is 3.18 bits per heavy atom. The van der Waals surface area contributed by atoms with Crippen LogP contribution in [-0.4, -0.2) is 11.0 Å². The van der Waals surface area contributed by atoms with Crippen molar-refractivity contribution in [2.45, 2.75) is 38.6 Å². The number of rotatable bonds is 3. The molecule has 1 N–H and O–H groups in total. The van der Waals surface area contributed by atoms with E-state index in [9.17, 15) is 0 Å². The van der Waals surface area contributed by atoms with Crippen LogP contribution in [0.25, 0.3) is 0 Å². The number of thiocarbonyl (C=S) groups is 1. The average molecular weight is 169 g/mol. The van der Waals surface area contributed by atoms with E-state index in [4.69, 9.17) is 12.2 Å². The fourth-order valence-corrected chi connectivity index (χ4v) is 1.49. The summed E-state index contributed by atoms with van der Waals surface area (Å²) in [5.74, 6) is 0. The van der Waals surface area contributed by atoms with Crippen LogP contribution in [0.1, 0.15) is 32.6 Å². The first-order valence-corrected chi connectivity index (χ1v) is 4.69. The first-order chi connectivity index (χ1) is 5.33. The van der Waals surface area contributed by atoms with Gasteiger partial charge >= 0.3 is 0 Å². The summed E-state index contributed by atoms with van der Waals surface area (Å²) in [5.41, 5.74) is 0. The summed E-state index contributed by atoms with van der Waals surface area (Å²) in [6, 6.07) is 0.510. The van der Waals surface area contributed by atoms with E-state index >= 15 is 0 Å². The van der Waals surface area contributed by atoms with Crippen LogP contribution in [0.5, 0.6) is 0 Å². The Hall–Kier alpha value is -0.370. The van der Waals surface area contributed by atoms with Gasteiger partial charge in [-0.05, 0) is 6.42 Å². The highest BCUT2D eigenvalue weighted by Crippen LogP contribution is 2.07. The third-order valence-corrected chi connectivity index (χ3v) is 2.17. The van der Waals surface area contributed by atoms with E-state index < -0.39 is 0 Å². The molecule has 1 atom stereocenters. The minimum absolute atomic E-state index is 0.510. The molecule has 1 aliphatic rings. The van der Waals surface area contributed by atoms with E-state index in [1.54, 1.807) is 0 Å². The number of hydrogen-bond acceptors (Lipinski definition) is 1. The molecule has 0 spiro atoms. The van der Waals surface area contributed by atoms with Gasteiger partial charge in [0.25, 0.3) is 0 Å². The van der Waals surface area contributed by atoms with Gasteiger partial charge < -0.3 is 5.32 Å². The van der Waals surface area contributed by atoms with Crippen molar-refractivity contribution in [1.82, 2.24) is 5.32 Å². The molecule has 62 valence electrons. The molecule has 0 saturated heterocycles. The lowest BCUT2D eigenvalue weighted by atomic mass is 10.1. The lowest BCUT2D eigenvalue weighted by Gasteiger charge is -2.19. The molecule has 11 heavy (non-hydrogen) atoms. The van der Waals surface area contributed by atoms with Crippen LogP contribution < -0.4 is 5.32 Å². The minimum Gasteiger partial charge on any atom is -0.373 e. The Bertz CT molecular complexity index is 163. The van der Waals surface area contributed by atoms with Crippen LogP contribution in [-0.2, 0) is 0 Å². The maximum Gasteiger partial charge on any atom is 0.0796 e. The summed E-state index contributed by atoms with van der Waals surface area (Å²) in [5, 5.41) is 3.30. The predicted octanol–water partition coefficient (Wildman–Crippen LogP) is 2.42. The first kappa shape index (κ1) is 8.72. The quantitative estimate of drug-likeness (QED) is 0.514. The van der Waals surface area contributed by atoms with Crippen LogP contribution in [0.3, 0.4) is 0 Å². The van der Waals surface area contributed by atoms with Crippen LogP contribution >= 0.6 is 12.2 Å². The van der Waals surface area contributed by atoms with Crippen molar-refractivity contribution in [2.24, 2.45) is 0 Å². The highest BCUT2D eigenvalue weighted by Gasteiger charge is 2.08. The van der Waals surface area contributed by atoms with Crippen LogP contribution in [0.15, 0.2) is 12.2 Å². The van der Waals surface area contributed by atoms with E-state index in [1.807, 2.05) is 0 Å². The normalized spacial score (nSPS) is 23.4. The third kappa shape index (κ3) is 3.02. The van der Waals surface area contributed by atoms with Crippen molar-refractivity contribution >= 4 is 17.2 Å². The maximum atomic E-state index is 5.07. The Morgan fingerprint density at radius 2 is 2.55 bits per heavy atom. The monoisotopic (exact) mass is 169 g/mol. The number of nitrogens with one attached hydrogen (secondary N) is 1. The summed E-state index contributed by atoms with van der Waals surface area (Å²) in [4.78, 5) is 0.994. The molecule has 0 aromatic rings. The van der Waals surface area contributed by atoms with E-state index in [0.717, 1.165) is 11.4 Å². The molecular formula is C9H15NS. The Labute approximate surface area is 73.9 Å². The molecule has 0 amide bonds. The Kier molecular flexibility index (Phi) is 3.57. The summed E-state index contributed by atoms with van der Waals surface area (Å²) in [6.07, 6.45) is 9.08. The first-order valence-electron chi connectivity index (χ1n) is 4.29. The van der Waals surface area contributed by atoms with Gasteiger partial charge in [-0.25, -0.2) is 0 Å². The standard InChI is InChI=1S/C9H15NS/c1-2-3-5-8-6-4-7-9(11)10-8/h4,6,8H,2-3,5,7H2,1H3,(H,10,11). The number of hydrogen-bond donors (Lipinski definition) is 1. The van der Waals surface area contributed by atoms with Crippen molar-refractivity contribution in [3.8, 4) is 0 Å². The lowest BCUT2D eigenvalue weighted by Crippen LogP contribution is -2.34. The predicted molar refractivity (Wildman–Crippen MR) is 52.8 cm³/mol. The molecule has 0 aromatic carbocycles. The molecule has 0 saturated carbocycles. The van der Waals surface area contributed by atoms with Crippen LogP contribution in [0.4, 0.5) is 0 Å². The molecular weight excluding hydrogens is 154 g/mol. The molecule has 0 aromatic heterocycles. The fraction of sp³-hybridized carbons (Fsp3) is 0.667. The summed E-state index contributed by atoms with van der Waals surface area (Å²) in [6.45, 7) is 2.21. The zero-order valence-electron chi connectivity index (χ0n) is 6.97. The number of unbranched alkanes of at least 4 members (excludes halogenated alkanes) is 1. The molecule has 0 aliphatic carbocycles. The topological polar surface area (TPSA) is 12.0 Å². The third-order valence-electron chi connectivity index (χ3n) is 1.89. The highest BCUT2D eigenvalue weighted by molar-refractivity contribution is 7.80. The zero-order chi connectivity index (χ0) is 8.10. The smallest absolute Gasteiger partial charge is 0.0796 e. The van der Waals surface area contributed by atoms with Gasteiger partial charge in [0.15, 0.2) is 0 Å². The molecule has 2 heteroatoms. The van der Waals surface area contributed by atoms with Gasteiger partial charge in [0.1, 0.15) is 0 Å². The van der Waals surface area contributed by atoms with Crippen LogP contribution in [0, 0.1) is 0 Å². The molecule has 1 heterocycles. The van der Waals surface area contributed by atoms with Gasteiger partial charge in [-0.1, -0.05) is 44.1 Å². The van der Waals surface area contributed by atoms with Crippen molar-refractivity contribution in [3.05, 3.63) is 12.2 Å². The largest absolute Gasteiger partial charge is 0.373 e. The highest BCUT2D eigenvalue weighted by atomic mass is 32.1. The average Bonchev–Trinajstić information content (AvgIpc) is 2.01. The van der Waals surface area contributed by atoms with Gasteiger partial charge in [-0.15, -0.1) is 0 Å². The molecule has 0 fully saturated rings. The molecule has 1 aliphatic heterocycles. The molecule has 1 nitrogen and oxygen atoms in total. The van der Waals surface area contributed by atoms with Crippen LogP contribution in [0.2, 0.25) is 0 Å². The van der Waals surface area contributed by atoms with E-state index in [1.165, 1.54) is 19.3 Å². The molecule has 1 unspecified atom stereocenters. The van der Waals surface area contributed by atoms with Gasteiger partial charge in [0.2, 0.25) is 0 Å². The summed E-state index contributed by atoms with van der Waals surface area (Å²) in [7, 11) is 0. The van der Waals surface area contributed by atoms with Gasteiger partial charge in [0.05, 0.1) is 4.99 Å². The molecule has 0 bridgehead atoms.